The van der Waals surface area contributed by atoms with Gasteiger partial charge in [0.15, 0.2) is 11.5 Å². The summed E-state index contributed by atoms with van der Waals surface area (Å²) in [5.74, 6) is 0.915. The zero-order chi connectivity index (χ0) is 17.1. The highest BCUT2D eigenvalue weighted by molar-refractivity contribution is 5.75. The van der Waals surface area contributed by atoms with Crippen molar-refractivity contribution in [2.24, 2.45) is 0 Å². The van der Waals surface area contributed by atoms with Crippen molar-refractivity contribution >= 4 is 6.03 Å². The van der Waals surface area contributed by atoms with E-state index < -0.39 is 0 Å². The predicted octanol–water partition coefficient (Wildman–Crippen LogP) is 3.10. The standard InChI is InChI=1S/C19H22N2O3/c1-21(12-13-8-9-18(24-2)17(22)10-13)19(23)20-16-11-15(16)14-6-4-3-5-7-14/h3-10,15-16,22H,11-12H2,1-2H3,(H,20,23). The van der Waals surface area contributed by atoms with Crippen molar-refractivity contribution < 1.29 is 14.6 Å². The van der Waals surface area contributed by atoms with Crippen molar-refractivity contribution in [1.82, 2.24) is 10.2 Å². The lowest BCUT2D eigenvalue weighted by atomic mass is 10.1. The molecular formula is C19H22N2O3. The molecule has 1 fully saturated rings. The number of ether oxygens (including phenoxy) is 1. The van der Waals surface area contributed by atoms with Crippen LogP contribution in [0.25, 0.3) is 0 Å². The van der Waals surface area contributed by atoms with Crippen LogP contribution in [0.3, 0.4) is 0 Å². The second-order valence-corrected chi connectivity index (χ2v) is 6.17. The first-order chi connectivity index (χ1) is 11.6. The minimum Gasteiger partial charge on any atom is -0.504 e. The Morgan fingerprint density at radius 3 is 2.71 bits per heavy atom. The number of methoxy groups -OCH3 is 1. The number of urea groups is 1. The second-order valence-electron chi connectivity index (χ2n) is 6.17. The van der Waals surface area contributed by atoms with E-state index in [2.05, 4.69) is 17.4 Å². The van der Waals surface area contributed by atoms with E-state index in [-0.39, 0.29) is 17.8 Å². The summed E-state index contributed by atoms with van der Waals surface area (Å²) in [7, 11) is 3.25. The Morgan fingerprint density at radius 1 is 1.29 bits per heavy atom. The van der Waals surface area contributed by atoms with Gasteiger partial charge in [0.1, 0.15) is 0 Å². The Hall–Kier alpha value is -2.69. The maximum atomic E-state index is 12.3. The van der Waals surface area contributed by atoms with E-state index in [0.29, 0.717) is 18.2 Å². The van der Waals surface area contributed by atoms with Crippen molar-refractivity contribution in [3.63, 3.8) is 0 Å². The molecule has 24 heavy (non-hydrogen) atoms. The summed E-state index contributed by atoms with van der Waals surface area (Å²) in [5, 5.41) is 12.9. The van der Waals surface area contributed by atoms with Gasteiger partial charge < -0.3 is 20.1 Å². The highest BCUT2D eigenvalue weighted by Crippen LogP contribution is 2.40. The van der Waals surface area contributed by atoms with E-state index in [0.717, 1.165) is 12.0 Å². The third kappa shape index (κ3) is 3.62. The Balaban J connectivity index is 1.53. The molecule has 2 N–H and O–H groups in total. The first kappa shape index (κ1) is 16.2. The number of benzene rings is 2. The van der Waals surface area contributed by atoms with E-state index in [1.54, 1.807) is 24.1 Å². The van der Waals surface area contributed by atoms with Crippen LogP contribution in [0.2, 0.25) is 0 Å². The fourth-order valence-electron chi connectivity index (χ4n) is 2.87. The molecule has 2 unspecified atom stereocenters. The Morgan fingerprint density at radius 2 is 2.04 bits per heavy atom. The maximum absolute atomic E-state index is 12.3. The summed E-state index contributed by atoms with van der Waals surface area (Å²) in [6, 6.07) is 15.5. The lowest BCUT2D eigenvalue weighted by Crippen LogP contribution is -2.38. The molecule has 2 atom stereocenters. The molecule has 126 valence electrons. The molecule has 0 aliphatic heterocycles. The van der Waals surface area contributed by atoms with Gasteiger partial charge in [-0.15, -0.1) is 0 Å². The van der Waals surface area contributed by atoms with Gasteiger partial charge in [-0.05, 0) is 29.7 Å². The third-order valence-electron chi connectivity index (χ3n) is 4.34. The molecule has 1 saturated carbocycles. The van der Waals surface area contributed by atoms with Crippen LogP contribution in [0.4, 0.5) is 4.79 Å². The number of nitrogens with one attached hydrogen (secondary N) is 1. The number of phenols is 1. The summed E-state index contributed by atoms with van der Waals surface area (Å²) in [4.78, 5) is 13.9. The van der Waals surface area contributed by atoms with Gasteiger partial charge in [0.05, 0.1) is 7.11 Å². The molecule has 2 amide bonds. The molecule has 0 spiro atoms. The molecule has 2 aromatic rings. The molecule has 1 aliphatic carbocycles. The number of aromatic hydroxyl groups is 1. The molecule has 0 saturated heterocycles. The second kappa shape index (κ2) is 6.83. The number of hydrogen-bond acceptors (Lipinski definition) is 3. The molecule has 0 bridgehead atoms. The van der Waals surface area contributed by atoms with Gasteiger partial charge in [0.2, 0.25) is 0 Å². The van der Waals surface area contributed by atoms with Crippen LogP contribution >= 0.6 is 0 Å². The van der Waals surface area contributed by atoms with Crippen LogP contribution in [0, 0.1) is 0 Å². The van der Waals surface area contributed by atoms with Gasteiger partial charge in [-0.25, -0.2) is 4.79 Å². The normalized spacial score (nSPS) is 18.8. The lowest BCUT2D eigenvalue weighted by Gasteiger charge is -2.18. The highest BCUT2D eigenvalue weighted by atomic mass is 16.5. The van der Waals surface area contributed by atoms with Crippen LogP contribution in [0.1, 0.15) is 23.5 Å². The number of carbonyl (C=O) groups is 1. The number of amides is 2. The smallest absolute Gasteiger partial charge is 0.317 e. The van der Waals surface area contributed by atoms with Crippen LogP contribution < -0.4 is 10.1 Å². The highest BCUT2D eigenvalue weighted by Gasteiger charge is 2.39. The van der Waals surface area contributed by atoms with Crippen molar-refractivity contribution in [1.29, 1.82) is 0 Å². The first-order valence-electron chi connectivity index (χ1n) is 8.01. The predicted molar refractivity (Wildman–Crippen MR) is 92.2 cm³/mol. The third-order valence-corrected chi connectivity index (χ3v) is 4.34. The number of phenolic OH excluding ortho intramolecular Hbond substituents is 1. The van der Waals surface area contributed by atoms with Crippen LogP contribution in [-0.4, -0.2) is 36.2 Å². The zero-order valence-corrected chi connectivity index (χ0v) is 13.9. The minimum absolute atomic E-state index is 0.0788. The topological polar surface area (TPSA) is 61.8 Å². The van der Waals surface area contributed by atoms with Gasteiger partial charge >= 0.3 is 6.03 Å². The molecule has 5 nitrogen and oxygen atoms in total. The zero-order valence-electron chi connectivity index (χ0n) is 13.9. The minimum atomic E-state index is -0.103. The number of rotatable bonds is 5. The lowest BCUT2D eigenvalue weighted by molar-refractivity contribution is 0.206. The van der Waals surface area contributed by atoms with E-state index in [1.165, 1.54) is 12.7 Å². The average Bonchev–Trinajstić information content (AvgIpc) is 3.35. The molecule has 3 rings (SSSR count). The van der Waals surface area contributed by atoms with E-state index in [1.807, 2.05) is 24.3 Å². The Labute approximate surface area is 141 Å². The number of carbonyl (C=O) groups excluding carboxylic acids is 1. The van der Waals surface area contributed by atoms with Gasteiger partial charge in [-0.1, -0.05) is 36.4 Å². The summed E-state index contributed by atoms with van der Waals surface area (Å²) >= 11 is 0. The van der Waals surface area contributed by atoms with Gasteiger partial charge in [-0.3, -0.25) is 0 Å². The van der Waals surface area contributed by atoms with Crippen molar-refractivity contribution in [2.45, 2.75) is 24.9 Å². The van der Waals surface area contributed by atoms with Gasteiger partial charge in [0.25, 0.3) is 0 Å². The van der Waals surface area contributed by atoms with Gasteiger partial charge in [-0.2, -0.15) is 0 Å². The molecule has 0 radical (unpaired) electrons. The molecule has 2 aromatic carbocycles. The van der Waals surface area contributed by atoms with Crippen LogP contribution in [0.5, 0.6) is 11.5 Å². The van der Waals surface area contributed by atoms with E-state index >= 15 is 0 Å². The molecule has 1 aliphatic rings. The van der Waals surface area contributed by atoms with Crippen LogP contribution in [-0.2, 0) is 6.54 Å². The Bertz CT molecular complexity index is 718. The largest absolute Gasteiger partial charge is 0.504 e. The summed E-state index contributed by atoms with van der Waals surface area (Å²) in [5.41, 5.74) is 2.12. The van der Waals surface area contributed by atoms with Crippen molar-refractivity contribution in [2.75, 3.05) is 14.2 Å². The summed E-state index contributed by atoms with van der Waals surface area (Å²) < 4.78 is 5.02. The molecule has 0 aromatic heterocycles. The fourth-order valence-corrected chi connectivity index (χ4v) is 2.87. The SMILES string of the molecule is COc1ccc(CN(C)C(=O)NC2CC2c2ccccc2)cc1O. The van der Waals surface area contributed by atoms with E-state index in [9.17, 15) is 9.90 Å². The number of hydrogen-bond donors (Lipinski definition) is 2. The summed E-state index contributed by atoms with van der Waals surface area (Å²) in [6.07, 6.45) is 0.979. The van der Waals surface area contributed by atoms with E-state index in [4.69, 9.17) is 4.74 Å². The molecule has 0 heterocycles. The summed E-state index contributed by atoms with van der Waals surface area (Å²) in [6.45, 7) is 0.423. The fraction of sp³-hybridized carbons (Fsp3) is 0.316. The van der Waals surface area contributed by atoms with Crippen molar-refractivity contribution in [3.05, 3.63) is 59.7 Å². The monoisotopic (exact) mass is 326 g/mol. The molecular weight excluding hydrogens is 304 g/mol. The van der Waals surface area contributed by atoms with Crippen LogP contribution in [0.15, 0.2) is 48.5 Å². The maximum Gasteiger partial charge on any atom is 0.317 e. The average molecular weight is 326 g/mol. The Kier molecular flexibility index (Phi) is 4.60. The quantitative estimate of drug-likeness (QED) is 0.887. The van der Waals surface area contributed by atoms with Crippen molar-refractivity contribution in [3.8, 4) is 11.5 Å². The molecule has 5 heteroatoms. The number of nitrogens with zero attached hydrogens (tertiary/aromatic N) is 1. The first-order valence-corrected chi connectivity index (χ1v) is 8.01. The van der Waals surface area contributed by atoms with Gasteiger partial charge in [0, 0.05) is 25.6 Å².